The van der Waals surface area contributed by atoms with Crippen LogP contribution >= 0.6 is 15.9 Å². The number of nitrogens with one attached hydrogen (secondary N) is 1. The molecule has 2 rings (SSSR count). The summed E-state index contributed by atoms with van der Waals surface area (Å²) in [6.07, 6.45) is 0. The molecule has 0 atom stereocenters. The smallest absolute Gasteiger partial charge is 0.119 e. The van der Waals surface area contributed by atoms with Gasteiger partial charge in [0.25, 0.3) is 0 Å². The minimum absolute atomic E-state index is 0.542. The van der Waals surface area contributed by atoms with Gasteiger partial charge in [-0.1, -0.05) is 41.9 Å². The molecule has 0 fully saturated rings. The van der Waals surface area contributed by atoms with E-state index >= 15 is 0 Å². The van der Waals surface area contributed by atoms with Crippen molar-refractivity contribution in [2.24, 2.45) is 0 Å². The maximum absolute atomic E-state index is 5.26. The van der Waals surface area contributed by atoms with Crippen LogP contribution in [0, 0.1) is 0 Å². The minimum atomic E-state index is 0.542. The number of rotatable bonds is 5. The van der Waals surface area contributed by atoms with E-state index in [2.05, 4.69) is 59.4 Å². The fourth-order valence-electron chi connectivity index (χ4n) is 2.02. The number of anilines is 1. The van der Waals surface area contributed by atoms with Crippen LogP contribution in [0.2, 0.25) is 0 Å². The molecule has 2 nitrogen and oxygen atoms in total. The van der Waals surface area contributed by atoms with Crippen molar-refractivity contribution in [1.29, 1.82) is 0 Å². The zero-order valence-electron chi connectivity index (χ0n) is 12.1. The highest BCUT2D eigenvalue weighted by Crippen LogP contribution is 2.24. The second-order valence-corrected chi connectivity index (χ2v) is 5.95. The molecule has 0 aliphatic rings. The zero-order valence-corrected chi connectivity index (χ0v) is 13.7. The zero-order chi connectivity index (χ0) is 14.5. The predicted octanol–water partition coefficient (Wildman–Crippen LogP) is 5.19. The van der Waals surface area contributed by atoms with Crippen LogP contribution in [0.3, 0.4) is 0 Å². The fraction of sp³-hybridized carbons (Fsp3) is 0.294. The van der Waals surface area contributed by atoms with Gasteiger partial charge in [0, 0.05) is 16.7 Å². The van der Waals surface area contributed by atoms with Crippen molar-refractivity contribution in [2.75, 3.05) is 12.4 Å². The van der Waals surface area contributed by atoms with Crippen LogP contribution in [0.25, 0.3) is 0 Å². The van der Waals surface area contributed by atoms with Crippen LogP contribution in [0.15, 0.2) is 46.9 Å². The Morgan fingerprint density at radius 2 is 1.95 bits per heavy atom. The summed E-state index contributed by atoms with van der Waals surface area (Å²) in [6, 6.07) is 14.6. The molecule has 1 N–H and O–H groups in total. The lowest BCUT2D eigenvalue weighted by atomic mass is 10.0. The normalized spacial score (nSPS) is 10.7. The number of benzene rings is 2. The lowest BCUT2D eigenvalue weighted by Crippen LogP contribution is -2.01. The Bertz CT molecular complexity index is 581. The highest BCUT2D eigenvalue weighted by Gasteiger charge is 2.04. The topological polar surface area (TPSA) is 21.3 Å². The molecule has 0 saturated heterocycles. The molecule has 0 heterocycles. The largest absolute Gasteiger partial charge is 0.497 e. The van der Waals surface area contributed by atoms with E-state index in [1.165, 1.54) is 11.1 Å². The van der Waals surface area contributed by atoms with E-state index in [0.717, 1.165) is 22.5 Å². The minimum Gasteiger partial charge on any atom is -0.497 e. The molecule has 0 aromatic heterocycles. The molecule has 106 valence electrons. The second-order valence-electron chi connectivity index (χ2n) is 5.09. The van der Waals surface area contributed by atoms with Crippen molar-refractivity contribution < 1.29 is 4.74 Å². The number of methoxy groups -OCH3 is 1. The average Bonchev–Trinajstić information content (AvgIpc) is 2.46. The lowest BCUT2D eigenvalue weighted by molar-refractivity contribution is 0.414. The van der Waals surface area contributed by atoms with Crippen LogP contribution in [0.5, 0.6) is 5.75 Å². The molecule has 2 aromatic rings. The second kappa shape index (κ2) is 6.80. The third-order valence-electron chi connectivity index (χ3n) is 3.29. The highest BCUT2D eigenvalue weighted by molar-refractivity contribution is 9.10. The first-order valence-corrected chi connectivity index (χ1v) is 7.55. The number of hydrogen-bond donors (Lipinski definition) is 1. The Morgan fingerprint density at radius 1 is 1.15 bits per heavy atom. The first-order valence-electron chi connectivity index (χ1n) is 6.76. The maximum Gasteiger partial charge on any atom is 0.119 e. The quantitative estimate of drug-likeness (QED) is 0.812. The third-order valence-corrected chi connectivity index (χ3v) is 4.06. The molecule has 0 amide bonds. The standard InChI is InChI=1S/C17H20BrNO/c1-12(2)13-5-4-6-15(9-13)19-11-14-10-16(20-3)7-8-17(14)18/h4-10,12,19H,11H2,1-3H3. The van der Waals surface area contributed by atoms with Crippen molar-refractivity contribution >= 4 is 21.6 Å². The number of ether oxygens (including phenoxy) is 1. The van der Waals surface area contributed by atoms with Gasteiger partial charge >= 0.3 is 0 Å². The van der Waals surface area contributed by atoms with Crippen molar-refractivity contribution in [2.45, 2.75) is 26.3 Å². The Balaban J connectivity index is 2.10. The van der Waals surface area contributed by atoms with Gasteiger partial charge in [0.15, 0.2) is 0 Å². The molecular weight excluding hydrogens is 314 g/mol. The van der Waals surface area contributed by atoms with E-state index in [1.807, 2.05) is 18.2 Å². The third kappa shape index (κ3) is 3.76. The van der Waals surface area contributed by atoms with Crippen LogP contribution in [-0.4, -0.2) is 7.11 Å². The Hall–Kier alpha value is -1.48. The van der Waals surface area contributed by atoms with Crippen molar-refractivity contribution in [1.82, 2.24) is 0 Å². The summed E-state index contributed by atoms with van der Waals surface area (Å²) in [7, 11) is 1.69. The first-order chi connectivity index (χ1) is 9.60. The molecule has 0 aliphatic carbocycles. The predicted molar refractivity (Wildman–Crippen MR) is 88.6 cm³/mol. The van der Waals surface area contributed by atoms with E-state index < -0.39 is 0 Å². The van der Waals surface area contributed by atoms with E-state index in [9.17, 15) is 0 Å². The van der Waals surface area contributed by atoms with Gasteiger partial charge in [-0.3, -0.25) is 0 Å². The van der Waals surface area contributed by atoms with Crippen molar-refractivity contribution in [3.63, 3.8) is 0 Å². The lowest BCUT2D eigenvalue weighted by Gasteiger charge is -2.12. The summed E-state index contributed by atoms with van der Waals surface area (Å²) < 4.78 is 6.35. The highest BCUT2D eigenvalue weighted by atomic mass is 79.9. The van der Waals surface area contributed by atoms with E-state index in [0.29, 0.717) is 5.92 Å². The summed E-state index contributed by atoms with van der Waals surface area (Å²) in [5, 5.41) is 3.46. The summed E-state index contributed by atoms with van der Waals surface area (Å²) in [5.41, 5.74) is 3.67. The summed E-state index contributed by atoms with van der Waals surface area (Å²) >= 11 is 3.58. The molecule has 0 spiro atoms. The summed E-state index contributed by atoms with van der Waals surface area (Å²) in [4.78, 5) is 0. The van der Waals surface area contributed by atoms with Crippen LogP contribution in [0.4, 0.5) is 5.69 Å². The van der Waals surface area contributed by atoms with Gasteiger partial charge in [0.2, 0.25) is 0 Å². The van der Waals surface area contributed by atoms with Gasteiger partial charge in [-0.05, 0) is 47.4 Å². The maximum atomic E-state index is 5.26. The molecular formula is C17H20BrNO. The summed E-state index contributed by atoms with van der Waals surface area (Å²) in [5.74, 6) is 1.42. The Morgan fingerprint density at radius 3 is 2.65 bits per heavy atom. The van der Waals surface area contributed by atoms with E-state index in [-0.39, 0.29) is 0 Å². The summed E-state index contributed by atoms with van der Waals surface area (Å²) in [6.45, 7) is 5.18. The van der Waals surface area contributed by atoms with Crippen LogP contribution in [-0.2, 0) is 6.54 Å². The SMILES string of the molecule is COc1ccc(Br)c(CNc2cccc(C(C)C)c2)c1. The Kier molecular flexibility index (Phi) is 5.07. The molecule has 20 heavy (non-hydrogen) atoms. The van der Waals surface area contributed by atoms with Crippen molar-refractivity contribution in [3.05, 3.63) is 58.1 Å². The fourth-order valence-corrected chi connectivity index (χ4v) is 2.41. The molecule has 0 aliphatic heterocycles. The first kappa shape index (κ1) is 14.9. The molecule has 0 unspecified atom stereocenters. The Labute approximate surface area is 129 Å². The number of halogens is 1. The molecule has 3 heteroatoms. The average molecular weight is 334 g/mol. The molecule has 0 saturated carbocycles. The van der Waals surface area contributed by atoms with Gasteiger partial charge in [0.1, 0.15) is 5.75 Å². The van der Waals surface area contributed by atoms with Gasteiger partial charge in [-0.15, -0.1) is 0 Å². The van der Waals surface area contributed by atoms with E-state index in [1.54, 1.807) is 7.11 Å². The molecule has 0 bridgehead atoms. The molecule has 0 radical (unpaired) electrons. The van der Waals surface area contributed by atoms with Crippen molar-refractivity contribution in [3.8, 4) is 5.75 Å². The van der Waals surface area contributed by atoms with Gasteiger partial charge < -0.3 is 10.1 Å². The number of hydrogen-bond acceptors (Lipinski definition) is 2. The van der Waals surface area contributed by atoms with Gasteiger partial charge in [-0.25, -0.2) is 0 Å². The molecule has 2 aromatic carbocycles. The monoisotopic (exact) mass is 333 g/mol. The van der Waals surface area contributed by atoms with Gasteiger partial charge in [0.05, 0.1) is 7.11 Å². The van der Waals surface area contributed by atoms with Crippen LogP contribution in [0.1, 0.15) is 30.9 Å². The van der Waals surface area contributed by atoms with E-state index in [4.69, 9.17) is 4.74 Å². The van der Waals surface area contributed by atoms with Crippen LogP contribution < -0.4 is 10.1 Å². The van der Waals surface area contributed by atoms with Gasteiger partial charge in [-0.2, -0.15) is 0 Å².